The molecule has 0 radical (unpaired) electrons. The summed E-state index contributed by atoms with van der Waals surface area (Å²) in [5.74, 6) is 0.801. The Kier molecular flexibility index (Phi) is 2.70. The Labute approximate surface area is 96.0 Å². The fourth-order valence-electron chi connectivity index (χ4n) is 1.40. The van der Waals surface area contributed by atoms with E-state index in [1.54, 1.807) is 7.11 Å². The Balaban J connectivity index is 2.52. The average molecular weight is 275 g/mol. The van der Waals surface area contributed by atoms with E-state index in [2.05, 4.69) is 21.2 Å². The van der Waals surface area contributed by atoms with Gasteiger partial charge in [-0.15, -0.1) is 11.6 Å². The highest BCUT2D eigenvalue weighted by Crippen LogP contribution is 2.38. The minimum absolute atomic E-state index is 0.0755. The first-order valence-corrected chi connectivity index (χ1v) is 5.40. The van der Waals surface area contributed by atoms with Gasteiger partial charge in [0.25, 0.3) is 0 Å². The number of methoxy groups -OCH3 is 1. The lowest BCUT2D eigenvalue weighted by atomic mass is 10.1. The summed E-state index contributed by atoms with van der Waals surface area (Å²) >= 11 is 9.55. The van der Waals surface area contributed by atoms with Crippen LogP contribution in [0.3, 0.4) is 0 Å². The van der Waals surface area contributed by atoms with Gasteiger partial charge < -0.3 is 10.1 Å². The van der Waals surface area contributed by atoms with Gasteiger partial charge in [0.2, 0.25) is 0 Å². The first-order chi connectivity index (χ1) is 6.72. The van der Waals surface area contributed by atoms with Crippen molar-refractivity contribution in [1.82, 2.24) is 0 Å². The Bertz CT molecular complexity index is 392. The predicted octanol–water partition coefficient (Wildman–Crippen LogP) is 3.68. The summed E-state index contributed by atoms with van der Waals surface area (Å²) in [6, 6.07) is 3.90. The quantitative estimate of drug-likeness (QED) is 0.789. The lowest BCUT2D eigenvalue weighted by molar-refractivity contribution is 0.412. The minimum Gasteiger partial charge on any atom is -0.495 e. The Morgan fingerprint density at radius 3 is 3.00 bits per heavy atom. The van der Waals surface area contributed by atoms with Crippen LogP contribution >= 0.6 is 27.5 Å². The molecule has 0 aromatic heterocycles. The van der Waals surface area contributed by atoms with Crippen LogP contribution < -0.4 is 10.1 Å². The summed E-state index contributed by atoms with van der Waals surface area (Å²) in [5.41, 5.74) is 2.05. The van der Waals surface area contributed by atoms with Crippen molar-refractivity contribution in [2.24, 2.45) is 0 Å². The third-order valence-corrected chi connectivity index (χ3v) is 3.13. The number of nitrogens with one attached hydrogen (secondary N) is 1. The molecule has 1 aromatic rings. The lowest BCUT2D eigenvalue weighted by Gasteiger charge is -2.18. The molecule has 0 saturated heterocycles. The lowest BCUT2D eigenvalue weighted by Crippen LogP contribution is -2.02. The molecule has 4 heteroatoms. The summed E-state index contributed by atoms with van der Waals surface area (Å²) in [6.07, 6.45) is 3.75. The van der Waals surface area contributed by atoms with E-state index in [4.69, 9.17) is 16.3 Å². The van der Waals surface area contributed by atoms with E-state index in [0.29, 0.717) is 0 Å². The standard InChI is InChI=1S/C10H9BrClNO/c1-14-10-5-9-6(4-7(10)11)8(12)2-3-13-9/h2-5,8,13H,1H3. The third-order valence-electron chi connectivity index (χ3n) is 2.13. The number of ether oxygens (including phenoxy) is 1. The zero-order valence-electron chi connectivity index (χ0n) is 7.55. The highest BCUT2D eigenvalue weighted by atomic mass is 79.9. The number of hydrogen-bond donors (Lipinski definition) is 1. The molecule has 1 aliphatic rings. The summed E-state index contributed by atoms with van der Waals surface area (Å²) in [6.45, 7) is 0. The van der Waals surface area contributed by atoms with E-state index in [1.807, 2.05) is 24.4 Å². The first-order valence-electron chi connectivity index (χ1n) is 4.17. The maximum absolute atomic E-state index is 6.13. The zero-order valence-corrected chi connectivity index (χ0v) is 9.89. The highest BCUT2D eigenvalue weighted by molar-refractivity contribution is 9.10. The number of fused-ring (bicyclic) bond motifs is 1. The predicted molar refractivity (Wildman–Crippen MR) is 62.1 cm³/mol. The molecule has 1 N–H and O–H groups in total. The molecular weight excluding hydrogens is 265 g/mol. The van der Waals surface area contributed by atoms with Crippen molar-refractivity contribution in [3.05, 3.63) is 34.4 Å². The second-order valence-corrected chi connectivity index (χ2v) is 4.30. The largest absolute Gasteiger partial charge is 0.495 e. The molecule has 1 heterocycles. The molecule has 14 heavy (non-hydrogen) atoms. The van der Waals surface area contributed by atoms with Crippen LogP contribution in [0.5, 0.6) is 5.75 Å². The number of benzene rings is 1. The molecule has 1 aromatic carbocycles. The molecule has 0 bridgehead atoms. The molecule has 0 amide bonds. The highest BCUT2D eigenvalue weighted by Gasteiger charge is 2.16. The van der Waals surface area contributed by atoms with Crippen molar-refractivity contribution in [3.63, 3.8) is 0 Å². The third kappa shape index (κ3) is 1.62. The smallest absolute Gasteiger partial charge is 0.135 e. The topological polar surface area (TPSA) is 21.3 Å². The second kappa shape index (κ2) is 3.83. The summed E-state index contributed by atoms with van der Waals surface area (Å²) in [5, 5.41) is 3.05. The first kappa shape index (κ1) is 9.87. The Hall–Kier alpha value is -0.670. The Morgan fingerprint density at radius 1 is 1.50 bits per heavy atom. The van der Waals surface area contributed by atoms with Crippen molar-refractivity contribution in [1.29, 1.82) is 0 Å². The summed E-state index contributed by atoms with van der Waals surface area (Å²) < 4.78 is 6.11. The van der Waals surface area contributed by atoms with E-state index in [-0.39, 0.29) is 5.38 Å². The van der Waals surface area contributed by atoms with Gasteiger partial charge in [-0.25, -0.2) is 0 Å². The average Bonchev–Trinajstić information content (AvgIpc) is 2.19. The number of halogens is 2. The summed E-state index contributed by atoms with van der Waals surface area (Å²) in [7, 11) is 1.64. The van der Waals surface area contributed by atoms with Crippen molar-refractivity contribution in [2.45, 2.75) is 5.38 Å². The van der Waals surface area contributed by atoms with Gasteiger partial charge in [0.05, 0.1) is 17.0 Å². The van der Waals surface area contributed by atoms with Crippen molar-refractivity contribution < 1.29 is 4.74 Å². The van der Waals surface area contributed by atoms with Gasteiger partial charge in [-0.3, -0.25) is 0 Å². The van der Waals surface area contributed by atoms with Crippen LogP contribution in [0, 0.1) is 0 Å². The van der Waals surface area contributed by atoms with E-state index in [0.717, 1.165) is 21.5 Å². The van der Waals surface area contributed by atoms with Gasteiger partial charge in [0.1, 0.15) is 5.75 Å². The molecule has 1 atom stereocenters. The van der Waals surface area contributed by atoms with E-state index in [9.17, 15) is 0 Å². The van der Waals surface area contributed by atoms with Crippen LogP contribution in [-0.2, 0) is 0 Å². The van der Waals surface area contributed by atoms with Crippen LogP contribution in [0.1, 0.15) is 10.9 Å². The molecule has 74 valence electrons. The fraction of sp³-hybridized carbons (Fsp3) is 0.200. The zero-order chi connectivity index (χ0) is 10.1. The van der Waals surface area contributed by atoms with E-state index < -0.39 is 0 Å². The van der Waals surface area contributed by atoms with Crippen LogP contribution in [-0.4, -0.2) is 7.11 Å². The molecule has 1 unspecified atom stereocenters. The minimum atomic E-state index is -0.0755. The molecule has 0 aliphatic carbocycles. The van der Waals surface area contributed by atoms with Gasteiger partial charge in [0.15, 0.2) is 0 Å². The molecule has 2 rings (SSSR count). The molecule has 0 fully saturated rings. The van der Waals surface area contributed by atoms with Crippen molar-refractivity contribution in [3.8, 4) is 5.75 Å². The fourth-order valence-corrected chi connectivity index (χ4v) is 2.18. The van der Waals surface area contributed by atoms with Crippen LogP contribution in [0.15, 0.2) is 28.9 Å². The van der Waals surface area contributed by atoms with Crippen LogP contribution in [0.25, 0.3) is 0 Å². The number of anilines is 1. The van der Waals surface area contributed by atoms with Crippen molar-refractivity contribution in [2.75, 3.05) is 12.4 Å². The molecule has 0 saturated carbocycles. The van der Waals surface area contributed by atoms with Gasteiger partial charge in [-0.05, 0) is 39.8 Å². The monoisotopic (exact) mass is 273 g/mol. The van der Waals surface area contributed by atoms with Crippen molar-refractivity contribution >= 4 is 33.2 Å². The maximum Gasteiger partial charge on any atom is 0.135 e. The number of rotatable bonds is 1. The number of alkyl halides is 1. The molecule has 0 spiro atoms. The van der Waals surface area contributed by atoms with E-state index in [1.165, 1.54) is 0 Å². The number of hydrogen-bond acceptors (Lipinski definition) is 2. The van der Waals surface area contributed by atoms with E-state index >= 15 is 0 Å². The second-order valence-electron chi connectivity index (χ2n) is 2.98. The van der Waals surface area contributed by atoms with Crippen LogP contribution in [0.4, 0.5) is 5.69 Å². The molecular formula is C10H9BrClNO. The van der Waals surface area contributed by atoms with Gasteiger partial charge in [-0.2, -0.15) is 0 Å². The number of allylic oxidation sites excluding steroid dienone is 1. The molecule has 2 nitrogen and oxygen atoms in total. The SMILES string of the molecule is COc1cc2c(cc1Br)C(Cl)C=CN2. The normalized spacial score (nSPS) is 18.6. The Morgan fingerprint density at radius 2 is 2.29 bits per heavy atom. The van der Waals surface area contributed by atoms with Gasteiger partial charge >= 0.3 is 0 Å². The van der Waals surface area contributed by atoms with Crippen LogP contribution in [0.2, 0.25) is 0 Å². The summed E-state index contributed by atoms with van der Waals surface area (Å²) in [4.78, 5) is 0. The van der Waals surface area contributed by atoms with Gasteiger partial charge in [0, 0.05) is 11.8 Å². The molecule has 1 aliphatic heterocycles. The van der Waals surface area contributed by atoms with Gasteiger partial charge in [-0.1, -0.05) is 0 Å². The maximum atomic E-state index is 6.13.